The Morgan fingerprint density at radius 1 is 1.00 bits per heavy atom. The molecule has 0 amide bonds. The van der Waals surface area contributed by atoms with Crippen LogP contribution in [-0.4, -0.2) is 30.8 Å². The Kier molecular flexibility index (Phi) is 5.46. The molecular formula is C13H25F3N2. The van der Waals surface area contributed by atoms with Crippen LogP contribution in [0.3, 0.4) is 0 Å². The predicted octanol–water partition coefficient (Wildman–Crippen LogP) is 3.09. The van der Waals surface area contributed by atoms with Crippen molar-refractivity contribution < 1.29 is 13.2 Å². The van der Waals surface area contributed by atoms with E-state index in [0.29, 0.717) is 25.9 Å². The first-order valence-corrected chi connectivity index (χ1v) is 6.75. The molecule has 5 heteroatoms. The molecule has 1 fully saturated rings. The highest BCUT2D eigenvalue weighted by Gasteiger charge is 2.45. The van der Waals surface area contributed by atoms with E-state index >= 15 is 0 Å². The average molecular weight is 266 g/mol. The van der Waals surface area contributed by atoms with Crippen LogP contribution in [-0.2, 0) is 0 Å². The lowest BCUT2D eigenvalue weighted by molar-refractivity contribution is -0.188. The van der Waals surface area contributed by atoms with Crippen molar-refractivity contribution in [1.29, 1.82) is 0 Å². The fourth-order valence-electron chi connectivity index (χ4n) is 2.46. The summed E-state index contributed by atoms with van der Waals surface area (Å²) in [7, 11) is 0. The zero-order valence-corrected chi connectivity index (χ0v) is 11.5. The Labute approximate surface area is 108 Å². The first-order chi connectivity index (χ1) is 8.20. The molecule has 0 aliphatic heterocycles. The van der Waals surface area contributed by atoms with Gasteiger partial charge in [0.05, 0.1) is 5.92 Å². The minimum atomic E-state index is -4.06. The van der Waals surface area contributed by atoms with Crippen molar-refractivity contribution in [2.24, 2.45) is 5.92 Å². The molecule has 0 aromatic rings. The molecule has 0 heterocycles. The molecule has 2 N–H and O–H groups in total. The lowest BCUT2D eigenvalue weighted by Gasteiger charge is -2.34. The minimum absolute atomic E-state index is 0.0116. The Bertz CT molecular complexity index is 246. The van der Waals surface area contributed by atoms with E-state index in [-0.39, 0.29) is 12.0 Å². The van der Waals surface area contributed by atoms with E-state index in [1.807, 2.05) is 20.8 Å². The monoisotopic (exact) mass is 266 g/mol. The maximum Gasteiger partial charge on any atom is 0.393 e. The van der Waals surface area contributed by atoms with E-state index < -0.39 is 18.1 Å². The standard InChI is InChI=1S/C13H25F3N2/c1-12(2,3)18-9-8-17-11-7-5-4-6-10(11)13(14,15)16/h10-11,17-18H,4-9H2,1-3H3. The van der Waals surface area contributed by atoms with E-state index in [9.17, 15) is 13.2 Å². The number of halogens is 3. The molecular weight excluding hydrogens is 241 g/mol. The molecule has 0 aromatic carbocycles. The SMILES string of the molecule is CC(C)(C)NCCNC1CCCCC1C(F)(F)F. The first-order valence-electron chi connectivity index (χ1n) is 6.75. The molecule has 0 radical (unpaired) electrons. The van der Waals surface area contributed by atoms with Crippen molar-refractivity contribution >= 4 is 0 Å². The molecule has 0 saturated heterocycles. The minimum Gasteiger partial charge on any atom is -0.312 e. The largest absolute Gasteiger partial charge is 0.393 e. The summed E-state index contributed by atoms with van der Waals surface area (Å²) >= 11 is 0. The second kappa shape index (κ2) is 6.24. The smallest absolute Gasteiger partial charge is 0.312 e. The summed E-state index contributed by atoms with van der Waals surface area (Å²) in [5.74, 6) is -1.17. The maximum atomic E-state index is 12.8. The summed E-state index contributed by atoms with van der Waals surface area (Å²) in [4.78, 5) is 0. The van der Waals surface area contributed by atoms with Crippen molar-refractivity contribution in [1.82, 2.24) is 10.6 Å². The van der Waals surface area contributed by atoms with Gasteiger partial charge in [0.1, 0.15) is 0 Å². The number of hydrogen-bond donors (Lipinski definition) is 2. The highest BCUT2D eigenvalue weighted by atomic mass is 19.4. The van der Waals surface area contributed by atoms with Crippen LogP contribution in [0, 0.1) is 5.92 Å². The van der Waals surface area contributed by atoms with E-state index in [1.165, 1.54) is 0 Å². The predicted molar refractivity (Wildman–Crippen MR) is 67.6 cm³/mol. The van der Waals surface area contributed by atoms with Gasteiger partial charge in [-0.1, -0.05) is 12.8 Å². The molecule has 2 nitrogen and oxygen atoms in total. The Morgan fingerprint density at radius 3 is 2.17 bits per heavy atom. The van der Waals surface area contributed by atoms with Gasteiger partial charge in [0, 0.05) is 24.7 Å². The lowest BCUT2D eigenvalue weighted by atomic mass is 9.84. The van der Waals surface area contributed by atoms with Crippen LogP contribution >= 0.6 is 0 Å². The van der Waals surface area contributed by atoms with Gasteiger partial charge in [-0.2, -0.15) is 13.2 Å². The Hall–Kier alpha value is -0.290. The molecule has 0 aromatic heterocycles. The van der Waals surface area contributed by atoms with Crippen LogP contribution in [0.5, 0.6) is 0 Å². The Balaban J connectivity index is 2.34. The van der Waals surface area contributed by atoms with Gasteiger partial charge in [0.25, 0.3) is 0 Å². The van der Waals surface area contributed by atoms with Gasteiger partial charge in [-0.25, -0.2) is 0 Å². The van der Waals surface area contributed by atoms with Crippen LogP contribution < -0.4 is 10.6 Å². The van der Waals surface area contributed by atoms with Crippen LogP contribution in [0.1, 0.15) is 46.5 Å². The number of hydrogen-bond acceptors (Lipinski definition) is 2. The van der Waals surface area contributed by atoms with Gasteiger partial charge < -0.3 is 10.6 Å². The molecule has 1 rings (SSSR count). The Morgan fingerprint density at radius 2 is 1.61 bits per heavy atom. The third-order valence-corrected chi connectivity index (χ3v) is 3.37. The van der Waals surface area contributed by atoms with Crippen LogP contribution in [0.15, 0.2) is 0 Å². The van der Waals surface area contributed by atoms with Crippen LogP contribution in [0.2, 0.25) is 0 Å². The summed E-state index contributed by atoms with van der Waals surface area (Å²) < 4.78 is 38.5. The van der Waals surface area contributed by atoms with E-state index in [4.69, 9.17) is 0 Å². The highest BCUT2D eigenvalue weighted by Crippen LogP contribution is 2.37. The first kappa shape index (κ1) is 15.8. The number of nitrogens with one attached hydrogen (secondary N) is 2. The number of alkyl halides is 3. The molecule has 0 spiro atoms. The second-order valence-electron chi connectivity index (χ2n) is 6.17. The normalized spacial score (nSPS) is 26.3. The zero-order chi connectivity index (χ0) is 13.8. The quantitative estimate of drug-likeness (QED) is 0.764. The van der Waals surface area contributed by atoms with Gasteiger partial charge in [0.2, 0.25) is 0 Å². The van der Waals surface area contributed by atoms with E-state index in [0.717, 1.165) is 6.42 Å². The third-order valence-electron chi connectivity index (χ3n) is 3.37. The van der Waals surface area contributed by atoms with Crippen molar-refractivity contribution in [2.45, 2.75) is 64.2 Å². The van der Waals surface area contributed by atoms with Crippen molar-refractivity contribution in [3.63, 3.8) is 0 Å². The van der Waals surface area contributed by atoms with Crippen LogP contribution in [0.25, 0.3) is 0 Å². The second-order valence-corrected chi connectivity index (χ2v) is 6.17. The fourth-order valence-corrected chi connectivity index (χ4v) is 2.46. The maximum absolute atomic E-state index is 12.8. The molecule has 108 valence electrons. The number of rotatable bonds is 4. The highest BCUT2D eigenvalue weighted by molar-refractivity contribution is 4.85. The molecule has 1 saturated carbocycles. The zero-order valence-electron chi connectivity index (χ0n) is 11.5. The summed E-state index contributed by atoms with van der Waals surface area (Å²) in [5, 5.41) is 6.34. The van der Waals surface area contributed by atoms with Gasteiger partial charge in [0.15, 0.2) is 0 Å². The lowest BCUT2D eigenvalue weighted by Crippen LogP contribution is -2.48. The van der Waals surface area contributed by atoms with E-state index in [1.54, 1.807) is 0 Å². The molecule has 1 aliphatic rings. The fraction of sp³-hybridized carbons (Fsp3) is 1.00. The van der Waals surface area contributed by atoms with Crippen molar-refractivity contribution in [3.8, 4) is 0 Å². The summed E-state index contributed by atoms with van der Waals surface area (Å²) in [6.45, 7) is 7.43. The van der Waals surface area contributed by atoms with Gasteiger partial charge in [-0.3, -0.25) is 0 Å². The summed E-state index contributed by atoms with van der Waals surface area (Å²) in [5.41, 5.74) is 0.0116. The molecule has 1 aliphatic carbocycles. The van der Waals surface area contributed by atoms with Gasteiger partial charge in [-0.05, 0) is 33.6 Å². The van der Waals surface area contributed by atoms with Crippen molar-refractivity contribution in [3.05, 3.63) is 0 Å². The molecule has 0 bridgehead atoms. The topological polar surface area (TPSA) is 24.1 Å². The summed E-state index contributed by atoms with van der Waals surface area (Å²) in [6, 6.07) is -0.402. The molecule has 2 atom stereocenters. The van der Waals surface area contributed by atoms with Gasteiger partial charge in [-0.15, -0.1) is 0 Å². The van der Waals surface area contributed by atoms with Gasteiger partial charge >= 0.3 is 6.18 Å². The molecule has 2 unspecified atom stereocenters. The van der Waals surface area contributed by atoms with Crippen molar-refractivity contribution in [2.75, 3.05) is 13.1 Å². The van der Waals surface area contributed by atoms with Crippen LogP contribution in [0.4, 0.5) is 13.2 Å². The third kappa shape index (κ3) is 5.57. The average Bonchev–Trinajstić information content (AvgIpc) is 2.22. The molecule has 18 heavy (non-hydrogen) atoms. The van der Waals surface area contributed by atoms with E-state index in [2.05, 4.69) is 10.6 Å². The summed E-state index contributed by atoms with van der Waals surface area (Å²) in [6.07, 6.45) is -1.55.